The van der Waals surface area contributed by atoms with Crippen molar-refractivity contribution >= 4 is 21.9 Å². The van der Waals surface area contributed by atoms with Crippen LogP contribution in [0.3, 0.4) is 0 Å². The van der Waals surface area contributed by atoms with Crippen molar-refractivity contribution < 1.29 is 14.3 Å². The molecule has 1 aromatic carbocycles. The van der Waals surface area contributed by atoms with Gasteiger partial charge in [0.2, 0.25) is 0 Å². The van der Waals surface area contributed by atoms with Crippen LogP contribution in [-0.4, -0.2) is 17.6 Å². The van der Waals surface area contributed by atoms with Crippen LogP contribution in [0, 0.1) is 18.2 Å². The molecule has 0 heterocycles. The standard InChI is InChI=1S/C12H11BrFNO2/c1-3-6-15-12(2,11(16)17)9-7-8(13)4-5-10(9)14/h1,4-5,7,15H,6H2,2H3,(H,16,17). The highest BCUT2D eigenvalue weighted by Crippen LogP contribution is 2.27. The van der Waals surface area contributed by atoms with Crippen LogP contribution in [0.25, 0.3) is 0 Å². The normalized spacial score (nSPS) is 13.8. The maximum Gasteiger partial charge on any atom is 0.328 e. The molecular formula is C12H11BrFNO2. The lowest BCUT2D eigenvalue weighted by Crippen LogP contribution is -2.47. The van der Waals surface area contributed by atoms with Gasteiger partial charge in [0.1, 0.15) is 11.4 Å². The molecule has 0 aliphatic heterocycles. The number of terminal acetylenes is 1. The highest BCUT2D eigenvalue weighted by atomic mass is 79.9. The molecule has 0 aliphatic carbocycles. The monoisotopic (exact) mass is 299 g/mol. The second-order valence-electron chi connectivity index (χ2n) is 3.61. The molecule has 0 fully saturated rings. The number of carboxylic acid groups (broad SMARTS) is 1. The Morgan fingerprint density at radius 2 is 2.35 bits per heavy atom. The number of rotatable bonds is 4. The summed E-state index contributed by atoms with van der Waals surface area (Å²) in [6.07, 6.45) is 5.07. The van der Waals surface area contributed by atoms with Crippen molar-refractivity contribution in [2.24, 2.45) is 0 Å². The van der Waals surface area contributed by atoms with Gasteiger partial charge in [-0.15, -0.1) is 6.42 Å². The molecule has 0 amide bonds. The molecular weight excluding hydrogens is 289 g/mol. The van der Waals surface area contributed by atoms with Crippen LogP contribution in [0.4, 0.5) is 4.39 Å². The Labute approximate surface area is 107 Å². The van der Waals surface area contributed by atoms with Gasteiger partial charge in [0.15, 0.2) is 0 Å². The molecule has 1 rings (SSSR count). The van der Waals surface area contributed by atoms with Crippen molar-refractivity contribution in [3.63, 3.8) is 0 Å². The summed E-state index contributed by atoms with van der Waals surface area (Å²) in [6.45, 7) is 1.41. The molecule has 0 radical (unpaired) electrons. The van der Waals surface area contributed by atoms with Crippen LogP contribution in [0.5, 0.6) is 0 Å². The minimum atomic E-state index is -1.56. The SMILES string of the molecule is C#CCNC(C)(C(=O)O)c1cc(Br)ccc1F. The van der Waals surface area contributed by atoms with Gasteiger partial charge in [0.05, 0.1) is 6.54 Å². The van der Waals surface area contributed by atoms with Crippen molar-refractivity contribution in [2.45, 2.75) is 12.5 Å². The Balaban J connectivity index is 3.27. The molecule has 2 N–H and O–H groups in total. The quantitative estimate of drug-likeness (QED) is 0.837. The fourth-order valence-corrected chi connectivity index (χ4v) is 1.76. The van der Waals surface area contributed by atoms with Crippen LogP contribution in [-0.2, 0) is 10.3 Å². The fourth-order valence-electron chi connectivity index (χ4n) is 1.39. The van der Waals surface area contributed by atoms with Gasteiger partial charge >= 0.3 is 5.97 Å². The maximum absolute atomic E-state index is 13.7. The van der Waals surface area contributed by atoms with E-state index in [1.54, 1.807) is 0 Å². The van der Waals surface area contributed by atoms with Gasteiger partial charge in [-0.05, 0) is 25.1 Å². The molecule has 0 aliphatic rings. The van der Waals surface area contributed by atoms with E-state index in [2.05, 4.69) is 27.2 Å². The van der Waals surface area contributed by atoms with Crippen LogP contribution < -0.4 is 5.32 Å². The van der Waals surface area contributed by atoms with Crippen molar-refractivity contribution in [3.05, 3.63) is 34.1 Å². The summed E-state index contributed by atoms with van der Waals surface area (Å²) >= 11 is 3.18. The van der Waals surface area contributed by atoms with Gasteiger partial charge in [-0.3, -0.25) is 5.32 Å². The van der Waals surface area contributed by atoms with E-state index in [1.165, 1.54) is 25.1 Å². The zero-order chi connectivity index (χ0) is 13.1. The number of carboxylic acids is 1. The first kappa shape index (κ1) is 13.7. The Bertz CT molecular complexity index is 484. The van der Waals surface area contributed by atoms with Gasteiger partial charge in [-0.25, -0.2) is 9.18 Å². The summed E-state index contributed by atoms with van der Waals surface area (Å²) in [7, 11) is 0. The Morgan fingerprint density at radius 3 is 2.88 bits per heavy atom. The van der Waals surface area contributed by atoms with Crippen LogP contribution in [0.15, 0.2) is 22.7 Å². The molecule has 90 valence electrons. The van der Waals surface area contributed by atoms with Crippen molar-refractivity contribution in [1.29, 1.82) is 0 Å². The van der Waals surface area contributed by atoms with Crippen molar-refractivity contribution in [2.75, 3.05) is 6.54 Å². The second-order valence-corrected chi connectivity index (χ2v) is 4.53. The lowest BCUT2D eigenvalue weighted by atomic mass is 9.91. The number of benzene rings is 1. The lowest BCUT2D eigenvalue weighted by molar-refractivity contribution is -0.144. The molecule has 1 aromatic rings. The number of hydrogen-bond acceptors (Lipinski definition) is 2. The zero-order valence-electron chi connectivity index (χ0n) is 9.13. The topological polar surface area (TPSA) is 49.3 Å². The van der Waals surface area contributed by atoms with Crippen molar-refractivity contribution in [3.8, 4) is 12.3 Å². The van der Waals surface area contributed by atoms with Gasteiger partial charge < -0.3 is 5.11 Å². The number of hydrogen-bond donors (Lipinski definition) is 2. The predicted octanol–water partition coefficient (Wildman–Crippen LogP) is 2.11. The molecule has 0 spiro atoms. The summed E-state index contributed by atoms with van der Waals surface area (Å²) in [6, 6.07) is 4.13. The number of nitrogens with one attached hydrogen (secondary N) is 1. The smallest absolute Gasteiger partial charge is 0.328 e. The molecule has 5 heteroatoms. The minimum Gasteiger partial charge on any atom is -0.480 e. The Kier molecular flexibility index (Phi) is 4.27. The van der Waals surface area contributed by atoms with Crippen LogP contribution >= 0.6 is 15.9 Å². The van der Waals surface area contributed by atoms with Crippen molar-refractivity contribution in [1.82, 2.24) is 5.32 Å². The maximum atomic E-state index is 13.7. The van der Waals surface area contributed by atoms with E-state index in [0.29, 0.717) is 4.47 Å². The summed E-state index contributed by atoms with van der Waals surface area (Å²) in [5.41, 5.74) is -1.52. The number of halogens is 2. The van der Waals surface area contributed by atoms with E-state index < -0.39 is 17.3 Å². The van der Waals surface area contributed by atoms with Crippen LogP contribution in [0.1, 0.15) is 12.5 Å². The predicted molar refractivity (Wildman–Crippen MR) is 65.9 cm³/mol. The fraction of sp³-hybridized carbons (Fsp3) is 0.250. The average molecular weight is 300 g/mol. The van der Waals surface area contributed by atoms with E-state index in [4.69, 9.17) is 6.42 Å². The number of carbonyl (C=O) groups is 1. The number of aliphatic carboxylic acids is 1. The molecule has 0 bridgehead atoms. The first-order valence-corrected chi connectivity index (χ1v) is 5.58. The largest absolute Gasteiger partial charge is 0.480 e. The highest BCUT2D eigenvalue weighted by molar-refractivity contribution is 9.10. The van der Waals surface area contributed by atoms with E-state index in [9.17, 15) is 14.3 Å². The first-order chi connectivity index (χ1) is 7.91. The molecule has 1 unspecified atom stereocenters. The second kappa shape index (κ2) is 5.30. The van der Waals surface area contributed by atoms with Gasteiger partial charge in [-0.2, -0.15) is 0 Å². The van der Waals surface area contributed by atoms with E-state index in [1.807, 2.05) is 0 Å². The van der Waals surface area contributed by atoms with Gasteiger partial charge in [-0.1, -0.05) is 21.9 Å². The molecule has 1 atom stereocenters. The summed E-state index contributed by atoms with van der Waals surface area (Å²) < 4.78 is 14.3. The Morgan fingerprint density at radius 1 is 1.71 bits per heavy atom. The third-order valence-corrected chi connectivity index (χ3v) is 2.93. The van der Waals surface area contributed by atoms with E-state index in [-0.39, 0.29) is 12.1 Å². The third-order valence-electron chi connectivity index (χ3n) is 2.44. The highest BCUT2D eigenvalue weighted by Gasteiger charge is 2.37. The first-order valence-electron chi connectivity index (χ1n) is 4.79. The summed E-state index contributed by atoms with van der Waals surface area (Å²) in [4.78, 5) is 11.3. The molecule has 0 saturated heterocycles. The third kappa shape index (κ3) is 2.84. The molecule has 0 saturated carbocycles. The van der Waals surface area contributed by atoms with E-state index in [0.717, 1.165) is 0 Å². The molecule has 17 heavy (non-hydrogen) atoms. The summed E-state index contributed by atoms with van der Waals surface area (Å²) in [5.74, 6) is 0.489. The summed E-state index contributed by atoms with van der Waals surface area (Å²) in [5, 5.41) is 11.8. The minimum absolute atomic E-state index is 0.0365. The van der Waals surface area contributed by atoms with Gasteiger partial charge in [0, 0.05) is 10.0 Å². The zero-order valence-corrected chi connectivity index (χ0v) is 10.7. The average Bonchev–Trinajstić information content (AvgIpc) is 2.29. The Hall–Kier alpha value is -1.38. The van der Waals surface area contributed by atoms with Gasteiger partial charge in [0.25, 0.3) is 0 Å². The van der Waals surface area contributed by atoms with E-state index >= 15 is 0 Å². The van der Waals surface area contributed by atoms with Crippen LogP contribution in [0.2, 0.25) is 0 Å². The lowest BCUT2D eigenvalue weighted by Gasteiger charge is -2.26. The molecule has 3 nitrogen and oxygen atoms in total. The molecule has 0 aromatic heterocycles.